The van der Waals surface area contributed by atoms with Gasteiger partial charge >= 0.3 is 5.97 Å². The van der Waals surface area contributed by atoms with E-state index >= 15 is 8.78 Å². The highest BCUT2D eigenvalue weighted by Crippen LogP contribution is 2.71. The molecule has 0 spiro atoms. The number of fused-ring (bicyclic) bond motifs is 5. The fraction of sp³-hybridized carbons (Fsp3) is 0.708. The van der Waals surface area contributed by atoms with E-state index in [9.17, 15) is 19.5 Å². The monoisotopic (exact) mass is 468 g/mol. The molecule has 4 aliphatic carbocycles. The van der Waals surface area contributed by atoms with Gasteiger partial charge in [-0.3, -0.25) is 14.4 Å². The number of esters is 1. The van der Waals surface area contributed by atoms with Crippen LogP contribution in [-0.4, -0.2) is 45.5 Å². The number of hydrogen-bond donors (Lipinski definition) is 2. The van der Waals surface area contributed by atoms with Crippen LogP contribution in [0.1, 0.15) is 53.4 Å². The van der Waals surface area contributed by atoms with Crippen molar-refractivity contribution in [3.05, 3.63) is 23.8 Å². The summed E-state index contributed by atoms with van der Waals surface area (Å²) in [5.41, 5.74) is -6.46. The topological polar surface area (TPSA) is 80.7 Å². The summed E-state index contributed by atoms with van der Waals surface area (Å²) in [7, 11) is 0. The molecule has 0 aliphatic heterocycles. The maximum Gasteiger partial charge on any atom is 0.306 e. The Morgan fingerprint density at radius 2 is 1.94 bits per heavy atom. The second-order valence-electron chi connectivity index (χ2n) is 10.4. The van der Waals surface area contributed by atoms with Crippen LogP contribution >= 0.6 is 12.6 Å². The van der Waals surface area contributed by atoms with E-state index in [-0.39, 0.29) is 24.8 Å². The first-order chi connectivity index (χ1) is 14.8. The summed E-state index contributed by atoms with van der Waals surface area (Å²) in [6, 6.07) is 0. The predicted octanol–water partition coefficient (Wildman–Crippen LogP) is 3.70. The van der Waals surface area contributed by atoms with Crippen LogP contribution in [0.15, 0.2) is 23.8 Å². The Hall–Kier alpha value is -1.54. The number of thiol groups is 1. The van der Waals surface area contributed by atoms with Crippen molar-refractivity contribution in [2.24, 2.45) is 28.6 Å². The Balaban J connectivity index is 1.87. The van der Waals surface area contributed by atoms with Crippen LogP contribution in [0, 0.1) is 28.6 Å². The van der Waals surface area contributed by atoms with Crippen LogP contribution in [-0.2, 0) is 19.1 Å². The molecule has 176 valence electrons. The maximum absolute atomic E-state index is 17.1. The highest BCUT2D eigenvalue weighted by Gasteiger charge is 2.77. The van der Waals surface area contributed by atoms with Crippen LogP contribution in [0.5, 0.6) is 0 Å². The molecular formula is C24H30F2O5S. The molecule has 8 heteroatoms. The molecule has 5 unspecified atom stereocenters. The highest BCUT2D eigenvalue weighted by molar-refractivity contribution is 7.96. The van der Waals surface area contributed by atoms with Crippen molar-refractivity contribution in [2.75, 3.05) is 0 Å². The highest BCUT2D eigenvalue weighted by atomic mass is 32.1. The summed E-state index contributed by atoms with van der Waals surface area (Å²) in [5.74, 6) is -2.94. The second-order valence-corrected chi connectivity index (χ2v) is 10.8. The molecule has 3 saturated carbocycles. The largest absolute Gasteiger partial charge is 0.449 e. The van der Waals surface area contributed by atoms with E-state index in [1.54, 1.807) is 20.8 Å². The summed E-state index contributed by atoms with van der Waals surface area (Å²) in [6.07, 6.45) is 0.619. The van der Waals surface area contributed by atoms with Gasteiger partial charge in [-0.05, 0) is 49.8 Å². The number of carbonyl (C=O) groups is 3. The smallest absolute Gasteiger partial charge is 0.306 e. The normalized spacial score (nSPS) is 49.6. The number of halogens is 2. The number of alkyl halides is 2. The van der Waals surface area contributed by atoms with Crippen molar-refractivity contribution in [1.82, 2.24) is 0 Å². The molecule has 0 aromatic heterocycles. The van der Waals surface area contributed by atoms with Crippen LogP contribution in [0.2, 0.25) is 0 Å². The average molecular weight is 469 g/mol. The van der Waals surface area contributed by atoms with Gasteiger partial charge in [-0.2, -0.15) is 0 Å². The first kappa shape index (κ1) is 23.6. The zero-order valence-corrected chi connectivity index (χ0v) is 19.6. The number of rotatable bonds is 3. The van der Waals surface area contributed by atoms with Gasteiger partial charge in [0, 0.05) is 29.1 Å². The Labute approximate surface area is 192 Å². The lowest BCUT2D eigenvalue weighted by Gasteiger charge is -2.63. The van der Waals surface area contributed by atoms with E-state index < -0.39 is 69.0 Å². The Morgan fingerprint density at radius 3 is 2.53 bits per heavy atom. The van der Waals surface area contributed by atoms with Crippen molar-refractivity contribution >= 4 is 29.5 Å². The average Bonchev–Trinajstić information content (AvgIpc) is 2.93. The molecule has 0 bridgehead atoms. The Morgan fingerprint density at radius 1 is 1.28 bits per heavy atom. The third kappa shape index (κ3) is 2.62. The lowest BCUT2D eigenvalue weighted by atomic mass is 9.44. The first-order valence-corrected chi connectivity index (χ1v) is 11.7. The van der Waals surface area contributed by atoms with Crippen molar-refractivity contribution in [3.8, 4) is 0 Å². The number of aliphatic hydroxyl groups is 1. The minimum Gasteiger partial charge on any atom is -0.449 e. The van der Waals surface area contributed by atoms with E-state index in [0.717, 1.165) is 6.08 Å². The van der Waals surface area contributed by atoms with Crippen LogP contribution in [0.25, 0.3) is 0 Å². The SMILES string of the molecule is CCC(=O)OC1(C(=O)S)C(C)CC2[C@H]3CC(F)C4=CC(=O)C=C[C@]4(C)C3(F)[C@@H](O)C[C@@]21C. The lowest BCUT2D eigenvalue weighted by Crippen LogP contribution is -2.70. The summed E-state index contributed by atoms with van der Waals surface area (Å²) in [5, 5.41) is 10.7. The molecule has 0 amide bonds. The van der Waals surface area contributed by atoms with Crippen LogP contribution in [0.4, 0.5) is 8.78 Å². The van der Waals surface area contributed by atoms with Crippen molar-refractivity contribution in [1.29, 1.82) is 0 Å². The van der Waals surface area contributed by atoms with Gasteiger partial charge in [0.25, 0.3) is 0 Å². The van der Waals surface area contributed by atoms with E-state index in [4.69, 9.17) is 4.74 Å². The zero-order chi connectivity index (χ0) is 23.9. The van der Waals surface area contributed by atoms with Gasteiger partial charge < -0.3 is 9.84 Å². The fourth-order valence-corrected chi connectivity index (χ4v) is 8.01. The second kappa shape index (κ2) is 7.23. The molecule has 4 rings (SSSR count). The van der Waals surface area contributed by atoms with E-state index in [1.807, 2.05) is 0 Å². The number of carbonyl (C=O) groups excluding carboxylic acids is 3. The minimum absolute atomic E-state index is 0.0476. The first-order valence-electron chi connectivity index (χ1n) is 11.2. The zero-order valence-electron chi connectivity index (χ0n) is 18.7. The quantitative estimate of drug-likeness (QED) is 0.488. The summed E-state index contributed by atoms with van der Waals surface area (Å²) >= 11 is 4.09. The van der Waals surface area contributed by atoms with Crippen molar-refractivity contribution < 1.29 is 33.0 Å². The van der Waals surface area contributed by atoms with Gasteiger partial charge in [0.1, 0.15) is 6.17 Å². The van der Waals surface area contributed by atoms with Gasteiger partial charge in [0.05, 0.1) is 6.10 Å². The third-order valence-corrected chi connectivity index (χ3v) is 9.38. The van der Waals surface area contributed by atoms with Crippen LogP contribution < -0.4 is 0 Å². The third-order valence-electron chi connectivity index (χ3n) is 9.05. The van der Waals surface area contributed by atoms with E-state index in [0.29, 0.717) is 6.42 Å². The molecule has 5 nitrogen and oxygen atoms in total. The van der Waals surface area contributed by atoms with E-state index in [1.165, 1.54) is 19.1 Å². The van der Waals surface area contributed by atoms with Crippen LogP contribution in [0.3, 0.4) is 0 Å². The molecule has 3 fully saturated rings. The number of allylic oxidation sites excluding steroid dienone is 4. The number of aliphatic hydroxyl groups excluding tert-OH is 1. The molecule has 4 aliphatic rings. The Kier molecular flexibility index (Phi) is 5.33. The number of hydrogen-bond acceptors (Lipinski definition) is 5. The molecule has 32 heavy (non-hydrogen) atoms. The standard InChI is InChI=1S/C24H30F2O5S/c1-5-19(29)31-24(20(30)32)12(2)8-14-15-10-17(25)16-9-13(27)6-7-21(16,3)23(15,26)18(28)11-22(14,24)4/h6-7,9,12,14-15,17-18,28H,5,8,10-11H2,1-4H3,(H,30,32)/t12?,14?,15-,17?,18+,21+,22+,23?,24?/m1/s1. The molecule has 1 N–H and O–H groups in total. The summed E-state index contributed by atoms with van der Waals surface area (Å²) < 4.78 is 38.3. The number of ketones is 1. The predicted molar refractivity (Wildman–Crippen MR) is 116 cm³/mol. The molecule has 9 atom stereocenters. The summed E-state index contributed by atoms with van der Waals surface area (Å²) in [6.45, 7) is 6.62. The molecule has 0 heterocycles. The Bertz CT molecular complexity index is 949. The van der Waals surface area contributed by atoms with Gasteiger partial charge in [0.15, 0.2) is 17.1 Å². The van der Waals surface area contributed by atoms with Gasteiger partial charge in [0.2, 0.25) is 5.12 Å². The maximum atomic E-state index is 17.1. The van der Waals surface area contributed by atoms with Gasteiger partial charge in [-0.15, -0.1) is 12.6 Å². The van der Waals surface area contributed by atoms with Crippen molar-refractivity contribution in [2.45, 2.75) is 76.9 Å². The number of ether oxygens (including phenoxy) is 1. The fourth-order valence-electron chi connectivity index (χ4n) is 7.49. The minimum atomic E-state index is -2.24. The van der Waals surface area contributed by atoms with Gasteiger partial charge in [-0.1, -0.05) is 26.8 Å². The molecule has 0 aromatic rings. The van der Waals surface area contributed by atoms with Gasteiger partial charge in [-0.25, -0.2) is 8.78 Å². The van der Waals surface area contributed by atoms with Crippen molar-refractivity contribution in [3.63, 3.8) is 0 Å². The lowest BCUT2D eigenvalue weighted by molar-refractivity contribution is -0.228. The van der Waals surface area contributed by atoms with E-state index in [2.05, 4.69) is 12.6 Å². The summed E-state index contributed by atoms with van der Waals surface area (Å²) in [4.78, 5) is 37.2. The molecule has 0 radical (unpaired) electrons. The molecular weight excluding hydrogens is 438 g/mol. The molecule has 0 aromatic carbocycles. The molecule has 0 saturated heterocycles.